The lowest BCUT2D eigenvalue weighted by molar-refractivity contribution is 1.19. The van der Waals surface area contributed by atoms with Crippen LogP contribution in [-0.2, 0) is 0 Å². The third-order valence-electron chi connectivity index (χ3n) is 4.87. The molecule has 0 fully saturated rings. The van der Waals surface area contributed by atoms with Crippen molar-refractivity contribution in [1.82, 2.24) is 19.9 Å². The van der Waals surface area contributed by atoms with E-state index < -0.39 is 0 Å². The SMILES string of the molecule is c1csc(N(c2ccc(Sc3ccc(N(c4nccs4)c4nccs4)cc3)cc2)c2nccs2)n1. The zero-order valence-corrected chi connectivity index (χ0v) is 22.0. The van der Waals surface area contributed by atoms with Crippen molar-refractivity contribution < 1.29 is 0 Å². The summed E-state index contributed by atoms with van der Waals surface area (Å²) in [7, 11) is 0. The molecule has 6 nitrogen and oxygen atoms in total. The van der Waals surface area contributed by atoms with E-state index in [2.05, 4.69) is 78.3 Å². The van der Waals surface area contributed by atoms with E-state index in [4.69, 9.17) is 0 Å². The highest BCUT2D eigenvalue weighted by Gasteiger charge is 2.18. The van der Waals surface area contributed by atoms with Crippen LogP contribution in [0.1, 0.15) is 0 Å². The summed E-state index contributed by atoms with van der Waals surface area (Å²) in [5.74, 6) is 0. The first kappa shape index (κ1) is 22.4. The van der Waals surface area contributed by atoms with Crippen molar-refractivity contribution in [3.05, 3.63) is 94.8 Å². The van der Waals surface area contributed by atoms with Gasteiger partial charge in [-0.1, -0.05) is 11.8 Å². The van der Waals surface area contributed by atoms with Gasteiger partial charge in [-0.2, -0.15) is 0 Å². The Morgan fingerprint density at radius 3 is 1.03 bits per heavy atom. The van der Waals surface area contributed by atoms with Gasteiger partial charge >= 0.3 is 0 Å². The van der Waals surface area contributed by atoms with Crippen molar-refractivity contribution in [3.63, 3.8) is 0 Å². The summed E-state index contributed by atoms with van der Waals surface area (Å²) in [5.41, 5.74) is 2.08. The fourth-order valence-electron chi connectivity index (χ4n) is 3.37. The molecule has 0 aliphatic rings. The highest BCUT2D eigenvalue weighted by atomic mass is 32.2. The van der Waals surface area contributed by atoms with Crippen LogP contribution in [0.25, 0.3) is 0 Å². The smallest absolute Gasteiger partial charge is 0.196 e. The monoisotopic (exact) mass is 548 g/mol. The molecular weight excluding hydrogens is 533 g/mol. The van der Waals surface area contributed by atoms with Crippen LogP contribution in [0.2, 0.25) is 0 Å². The number of aromatic nitrogens is 4. The molecule has 0 N–H and O–H groups in total. The van der Waals surface area contributed by atoms with Crippen LogP contribution in [-0.4, -0.2) is 19.9 Å². The third-order valence-corrected chi connectivity index (χ3v) is 8.91. The maximum atomic E-state index is 4.49. The molecule has 6 rings (SSSR count). The van der Waals surface area contributed by atoms with E-state index >= 15 is 0 Å². The molecule has 0 radical (unpaired) electrons. The molecule has 0 aliphatic carbocycles. The Morgan fingerprint density at radius 2 is 0.771 bits per heavy atom. The van der Waals surface area contributed by atoms with Gasteiger partial charge in [-0.25, -0.2) is 19.9 Å². The Balaban J connectivity index is 1.22. The summed E-state index contributed by atoms with van der Waals surface area (Å²) in [6.07, 6.45) is 7.27. The van der Waals surface area contributed by atoms with Gasteiger partial charge in [0, 0.05) is 56.1 Å². The lowest BCUT2D eigenvalue weighted by Gasteiger charge is -2.19. The van der Waals surface area contributed by atoms with E-state index in [1.165, 1.54) is 0 Å². The molecule has 0 saturated carbocycles. The quantitative estimate of drug-likeness (QED) is 0.189. The first-order chi connectivity index (χ1) is 17.3. The van der Waals surface area contributed by atoms with Crippen LogP contribution in [0.3, 0.4) is 0 Å². The molecule has 172 valence electrons. The molecule has 4 aromatic heterocycles. The average Bonchev–Trinajstić information content (AvgIpc) is 3.71. The van der Waals surface area contributed by atoms with Gasteiger partial charge in [-0.3, -0.25) is 9.80 Å². The van der Waals surface area contributed by atoms with Crippen molar-refractivity contribution >= 4 is 89.0 Å². The van der Waals surface area contributed by atoms with E-state index in [0.717, 1.165) is 41.7 Å². The summed E-state index contributed by atoms with van der Waals surface area (Å²) in [6.45, 7) is 0. The van der Waals surface area contributed by atoms with E-state index in [-0.39, 0.29) is 0 Å². The summed E-state index contributed by atoms with van der Waals surface area (Å²) in [5, 5.41) is 11.5. The highest BCUT2D eigenvalue weighted by Crippen LogP contribution is 2.40. The predicted octanol–water partition coefficient (Wildman–Crippen LogP) is 8.60. The molecule has 0 bridgehead atoms. The molecule has 6 aromatic rings. The summed E-state index contributed by atoms with van der Waals surface area (Å²) < 4.78 is 0. The van der Waals surface area contributed by atoms with Gasteiger partial charge in [0.05, 0.1) is 11.4 Å². The molecule has 0 unspecified atom stereocenters. The number of rotatable bonds is 8. The first-order valence-electron chi connectivity index (χ1n) is 10.4. The third kappa shape index (κ3) is 4.86. The second-order valence-electron chi connectivity index (χ2n) is 7.02. The summed E-state index contributed by atoms with van der Waals surface area (Å²) in [4.78, 5) is 24.5. The van der Waals surface area contributed by atoms with Gasteiger partial charge in [-0.05, 0) is 48.5 Å². The summed E-state index contributed by atoms with van der Waals surface area (Å²) >= 11 is 8.12. The Morgan fingerprint density at radius 1 is 0.457 bits per heavy atom. The minimum Gasteiger partial charge on any atom is -0.262 e. The van der Waals surface area contributed by atoms with Crippen LogP contribution >= 0.6 is 57.1 Å². The van der Waals surface area contributed by atoms with Crippen LogP contribution in [0, 0.1) is 0 Å². The Hall–Kier alpha value is -3.09. The zero-order chi connectivity index (χ0) is 23.5. The van der Waals surface area contributed by atoms with Crippen LogP contribution < -0.4 is 9.80 Å². The van der Waals surface area contributed by atoms with Crippen molar-refractivity contribution in [2.24, 2.45) is 0 Å². The minimum atomic E-state index is 0.904. The second kappa shape index (κ2) is 10.3. The Bertz CT molecular complexity index is 1260. The molecule has 0 saturated heterocycles. The number of nitrogens with zero attached hydrogens (tertiary/aromatic N) is 6. The fourth-order valence-corrected chi connectivity index (χ4v) is 6.96. The van der Waals surface area contributed by atoms with E-state index in [0.29, 0.717) is 0 Å². The Kier molecular flexibility index (Phi) is 6.56. The molecular formula is C24H16N6S5. The molecule has 0 aliphatic heterocycles. The molecule has 35 heavy (non-hydrogen) atoms. The molecule has 0 amide bonds. The predicted molar refractivity (Wildman–Crippen MR) is 149 cm³/mol. The minimum absolute atomic E-state index is 0.904. The molecule has 11 heteroatoms. The standard InChI is InChI=1S/C24H16N6S5/c1-5-19(6-2-17(1)29(21-25-9-13-31-21)22-26-10-14-32-22)35-20-7-3-18(4-8-20)30(23-27-11-15-33-23)24-28-12-16-34-24/h1-16H. The molecule has 0 spiro atoms. The zero-order valence-electron chi connectivity index (χ0n) is 18.0. The number of hydrogen-bond donors (Lipinski definition) is 0. The topological polar surface area (TPSA) is 58.0 Å². The first-order valence-corrected chi connectivity index (χ1v) is 14.7. The van der Waals surface area contributed by atoms with Crippen molar-refractivity contribution in [2.45, 2.75) is 9.79 Å². The number of thiazole rings is 4. The van der Waals surface area contributed by atoms with Crippen molar-refractivity contribution in [1.29, 1.82) is 0 Å². The number of hydrogen-bond acceptors (Lipinski definition) is 11. The highest BCUT2D eigenvalue weighted by molar-refractivity contribution is 7.99. The maximum Gasteiger partial charge on any atom is 0.196 e. The fraction of sp³-hybridized carbons (Fsp3) is 0. The van der Waals surface area contributed by atoms with E-state index in [1.807, 2.05) is 46.3 Å². The normalized spacial score (nSPS) is 11.0. The van der Waals surface area contributed by atoms with Gasteiger partial charge < -0.3 is 0 Å². The largest absolute Gasteiger partial charge is 0.262 e. The van der Waals surface area contributed by atoms with Gasteiger partial charge in [0.25, 0.3) is 0 Å². The van der Waals surface area contributed by atoms with Crippen molar-refractivity contribution in [2.75, 3.05) is 9.80 Å². The van der Waals surface area contributed by atoms with Gasteiger partial charge in [0.15, 0.2) is 20.5 Å². The van der Waals surface area contributed by atoms with Gasteiger partial charge in [-0.15, -0.1) is 45.3 Å². The molecule has 4 heterocycles. The summed E-state index contributed by atoms with van der Waals surface area (Å²) in [6, 6.07) is 17.0. The van der Waals surface area contributed by atoms with Crippen LogP contribution in [0.15, 0.2) is 105 Å². The van der Waals surface area contributed by atoms with Gasteiger partial charge in [0.2, 0.25) is 0 Å². The van der Waals surface area contributed by atoms with E-state index in [1.54, 1.807) is 57.1 Å². The second-order valence-corrected chi connectivity index (χ2v) is 11.7. The van der Waals surface area contributed by atoms with Crippen LogP contribution in [0.4, 0.5) is 31.9 Å². The van der Waals surface area contributed by atoms with Gasteiger partial charge in [0.1, 0.15) is 0 Å². The Labute approximate surface area is 222 Å². The average molecular weight is 549 g/mol. The molecule has 2 aromatic carbocycles. The van der Waals surface area contributed by atoms with E-state index in [9.17, 15) is 0 Å². The van der Waals surface area contributed by atoms with Crippen LogP contribution in [0.5, 0.6) is 0 Å². The number of benzene rings is 2. The maximum absolute atomic E-state index is 4.49. The van der Waals surface area contributed by atoms with Crippen molar-refractivity contribution in [3.8, 4) is 0 Å². The number of anilines is 6. The lowest BCUT2D eigenvalue weighted by atomic mass is 10.3. The lowest BCUT2D eigenvalue weighted by Crippen LogP contribution is -2.09. The molecule has 0 atom stereocenters.